The number of hydrogen-bond acceptors (Lipinski definition) is 4. The Bertz CT molecular complexity index is 536. The van der Waals surface area contributed by atoms with E-state index in [0.717, 1.165) is 26.1 Å². The molecule has 112 valence electrons. The minimum atomic E-state index is -3.51. The predicted octanol–water partition coefficient (Wildman–Crippen LogP) is 1.44. The molecule has 1 aliphatic rings. The first kappa shape index (κ1) is 15.4. The van der Waals surface area contributed by atoms with E-state index in [1.807, 2.05) is 0 Å². The van der Waals surface area contributed by atoms with Crippen LogP contribution < -0.4 is 4.72 Å². The van der Waals surface area contributed by atoms with E-state index >= 15 is 0 Å². The van der Waals surface area contributed by atoms with Gasteiger partial charge in [0.2, 0.25) is 10.0 Å². The van der Waals surface area contributed by atoms with E-state index < -0.39 is 16.1 Å². The number of rotatable bonds is 6. The summed E-state index contributed by atoms with van der Waals surface area (Å²) in [4.78, 5) is 0.193. The molecule has 0 saturated carbocycles. The average molecular weight is 299 g/mol. The summed E-state index contributed by atoms with van der Waals surface area (Å²) in [7, 11) is -3.51. The zero-order valence-electron chi connectivity index (χ0n) is 11.6. The Morgan fingerprint density at radius 3 is 2.95 bits per heavy atom. The van der Waals surface area contributed by atoms with Gasteiger partial charge in [0.25, 0.3) is 0 Å². The summed E-state index contributed by atoms with van der Waals surface area (Å²) in [6.45, 7) is 3.52. The summed E-state index contributed by atoms with van der Waals surface area (Å²) in [5.41, 5.74) is 0.595. The summed E-state index contributed by atoms with van der Waals surface area (Å²) in [5, 5.41) is 9.50. The highest BCUT2D eigenvalue weighted by Gasteiger charge is 2.18. The number of nitrogens with one attached hydrogen (secondary N) is 1. The molecule has 2 N–H and O–H groups in total. The first-order valence-electron chi connectivity index (χ1n) is 6.84. The summed E-state index contributed by atoms with van der Waals surface area (Å²) < 4.78 is 32.2. The smallest absolute Gasteiger partial charge is 0.240 e. The van der Waals surface area contributed by atoms with Gasteiger partial charge in [-0.3, -0.25) is 0 Å². The lowest BCUT2D eigenvalue weighted by molar-refractivity contribution is 0.184. The third-order valence-corrected chi connectivity index (χ3v) is 4.98. The van der Waals surface area contributed by atoms with Crippen LogP contribution in [0.1, 0.15) is 31.4 Å². The zero-order chi connectivity index (χ0) is 14.6. The number of aliphatic hydroxyl groups excluding tert-OH is 1. The summed E-state index contributed by atoms with van der Waals surface area (Å²) in [6, 6.07) is 6.39. The molecule has 1 saturated heterocycles. The Morgan fingerprint density at radius 2 is 2.30 bits per heavy atom. The van der Waals surface area contributed by atoms with Gasteiger partial charge in [-0.2, -0.15) is 0 Å². The maximum Gasteiger partial charge on any atom is 0.240 e. The second-order valence-corrected chi connectivity index (χ2v) is 6.93. The largest absolute Gasteiger partial charge is 0.389 e. The van der Waals surface area contributed by atoms with Crippen molar-refractivity contribution in [2.45, 2.75) is 30.8 Å². The van der Waals surface area contributed by atoms with Crippen molar-refractivity contribution < 1.29 is 18.3 Å². The molecule has 1 aromatic carbocycles. The maximum atomic E-state index is 12.2. The second kappa shape index (κ2) is 6.67. The van der Waals surface area contributed by atoms with Crippen LogP contribution in [-0.4, -0.2) is 33.3 Å². The van der Waals surface area contributed by atoms with Gasteiger partial charge in [-0.25, -0.2) is 13.1 Å². The highest BCUT2D eigenvalue weighted by molar-refractivity contribution is 7.89. The minimum absolute atomic E-state index is 0.193. The molecule has 0 aromatic heterocycles. The Hall–Kier alpha value is -0.950. The molecule has 0 spiro atoms. The van der Waals surface area contributed by atoms with Crippen molar-refractivity contribution >= 4 is 10.0 Å². The van der Waals surface area contributed by atoms with E-state index in [1.165, 1.54) is 12.1 Å². The van der Waals surface area contributed by atoms with E-state index in [4.69, 9.17) is 4.74 Å². The quantitative estimate of drug-likeness (QED) is 0.833. The summed E-state index contributed by atoms with van der Waals surface area (Å²) >= 11 is 0. The minimum Gasteiger partial charge on any atom is -0.389 e. The van der Waals surface area contributed by atoms with Crippen molar-refractivity contribution in [2.75, 3.05) is 19.8 Å². The van der Waals surface area contributed by atoms with Gasteiger partial charge in [-0.15, -0.1) is 0 Å². The average Bonchev–Trinajstić information content (AvgIpc) is 2.92. The summed E-state index contributed by atoms with van der Waals surface area (Å²) in [5.74, 6) is 0.446. The zero-order valence-corrected chi connectivity index (χ0v) is 12.4. The van der Waals surface area contributed by atoms with Crippen LogP contribution in [0.3, 0.4) is 0 Å². The fraction of sp³-hybridized carbons (Fsp3) is 0.571. The molecule has 6 heteroatoms. The maximum absolute atomic E-state index is 12.2. The van der Waals surface area contributed by atoms with Gasteiger partial charge in [-0.1, -0.05) is 12.1 Å². The van der Waals surface area contributed by atoms with Crippen molar-refractivity contribution in [3.05, 3.63) is 29.8 Å². The molecule has 2 unspecified atom stereocenters. The number of hydrogen-bond donors (Lipinski definition) is 2. The van der Waals surface area contributed by atoms with Crippen molar-refractivity contribution in [2.24, 2.45) is 5.92 Å². The van der Waals surface area contributed by atoms with Crippen LogP contribution >= 0.6 is 0 Å². The van der Waals surface area contributed by atoms with E-state index in [0.29, 0.717) is 18.0 Å². The van der Waals surface area contributed by atoms with Crippen LogP contribution in [0, 0.1) is 5.92 Å². The molecule has 1 aliphatic heterocycles. The third-order valence-electron chi connectivity index (χ3n) is 3.52. The first-order valence-corrected chi connectivity index (χ1v) is 8.33. The van der Waals surface area contributed by atoms with Crippen LogP contribution in [0.4, 0.5) is 0 Å². The molecule has 0 bridgehead atoms. The van der Waals surface area contributed by atoms with Gasteiger partial charge in [0.1, 0.15) is 0 Å². The van der Waals surface area contributed by atoms with Crippen LogP contribution in [0.25, 0.3) is 0 Å². The molecule has 2 rings (SSSR count). The Labute approximate surface area is 120 Å². The van der Waals surface area contributed by atoms with E-state index in [9.17, 15) is 13.5 Å². The van der Waals surface area contributed by atoms with Crippen molar-refractivity contribution in [3.8, 4) is 0 Å². The topological polar surface area (TPSA) is 75.6 Å². The lowest BCUT2D eigenvalue weighted by Gasteiger charge is -2.11. The van der Waals surface area contributed by atoms with E-state index in [1.54, 1.807) is 19.1 Å². The number of ether oxygens (including phenoxy) is 1. The van der Waals surface area contributed by atoms with Gasteiger partial charge in [0, 0.05) is 19.8 Å². The molecular formula is C14H21NO4S. The molecule has 0 radical (unpaired) electrons. The van der Waals surface area contributed by atoms with Gasteiger partial charge >= 0.3 is 0 Å². The molecule has 5 nitrogen and oxygen atoms in total. The van der Waals surface area contributed by atoms with Crippen LogP contribution in [0.2, 0.25) is 0 Å². The number of benzene rings is 1. The molecule has 1 heterocycles. The molecule has 1 aromatic rings. The number of aliphatic hydroxyl groups is 1. The van der Waals surface area contributed by atoms with Gasteiger partial charge in [-0.05, 0) is 43.4 Å². The Balaban J connectivity index is 1.96. The fourth-order valence-electron chi connectivity index (χ4n) is 2.23. The molecule has 2 atom stereocenters. The normalized spacial score (nSPS) is 21.0. The fourth-order valence-corrected chi connectivity index (χ4v) is 3.34. The Morgan fingerprint density at radius 1 is 1.50 bits per heavy atom. The van der Waals surface area contributed by atoms with Crippen molar-refractivity contribution in [1.82, 2.24) is 4.72 Å². The second-order valence-electron chi connectivity index (χ2n) is 5.16. The molecule has 20 heavy (non-hydrogen) atoms. The monoisotopic (exact) mass is 299 g/mol. The van der Waals surface area contributed by atoms with E-state index in [-0.39, 0.29) is 4.90 Å². The van der Waals surface area contributed by atoms with Gasteiger partial charge in [0.15, 0.2) is 0 Å². The van der Waals surface area contributed by atoms with Gasteiger partial charge < -0.3 is 9.84 Å². The highest BCUT2D eigenvalue weighted by Crippen LogP contribution is 2.18. The third kappa shape index (κ3) is 4.02. The first-order chi connectivity index (χ1) is 9.49. The van der Waals surface area contributed by atoms with Crippen molar-refractivity contribution in [3.63, 3.8) is 0 Å². The molecule has 1 fully saturated rings. The molecule has 0 amide bonds. The van der Waals surface area contributed by atoms with Crippen LogP contribution in [0.5, 0.6) is 0 Å². The predicted molar refractivity (Wildman–Crippen MR) is 75.8 cm³/mol. The standard InChI is InChI=1S/C14H21NO4S/c1-11(16)13-3-2-4-14(9-13)20(17,18)15-7-5-12-6-8-19-10-12/h2-4,9,11-12,15-16H,5-8,10H2,1H3. The molecule has 0 aliphatic carbocycles. The molecular weight excluding hydrogens is 278 g/mol. The summed E-state index contributed by atoms with van der Waals surface area (Å²) in [6.07, 6.45) is 1.11. The van der Waals surface area contributed by atoms with Crippen LogP contribution in [0.15, 0.2) is 29.2 Å². The lowest BCUT2D eigenvalue weighted by Crippen LogP contribution is -2.26. The van der Waals surface area contributed by atoms with E-state index in [2.05, 4.69) is 4.72 Å². The van der Waals surface area contributed by atoms with Gasteiger partial charge in [0.05, 0.1) is 11.0 Å². The Kier molecular flexibility index (Phi) is 5.15. The highest BCUT2D eigenvalue weighted by atomic mass is 32.2. The lowest BCUT2D eigenvalue weighted by atomic mass is 10.1. The van der Waals surface area contributed by atoms with Crippen LogP contribution in [-0.2, 0) is 14.8 Å². The number of sulfonamides is 1. The van der Waals surface area contributed by atoms with Crippen molar-refractivity contribution in [1.29, 1.82) is 0 Å². The SMILES string of the molecule is CC(O)c1cccc(S(=O)(=O)NCCC2CCOC2)c1.